The Morgan fingerprint density at radius 1 is 1.03 bits per heavy atom. The van der Waals surface area contributed by atoms with E-state index in [0.717, 1.165) is 30.6 Å². The Kier molecular flexibility index (Phi) is 5.65. The van der Waals surface area contributed by atoms with Crippen LogP contribution in [0.5, 0.6) is 0 Å². The molecule has 5 heterocycles. The Labute approximate surface area is 186 Å². The zero-order valence-electron chi connectivity index (χ0n) is 18.3. The van der Waals surface area contributed by atoms with Gasteiger partial charge in [0.15, 0.2) is 11.6 Å². The maximum atomic E-state index is 14.6. The van der Waals surface area contributed by atoms with Gasteiger partial charge in [0.2, 0.25) is 0 Å². The van der Waals surface area contributed by atoms with Crippen molar-refractivity contribution in [3.05, 3.63) is 53.9 Å². The second-order valence-electron chi connectivity index (χ2n) is 8.23. The second-order valence-corrected chi connectivity index (χ2v) is 8.23. The molecule has 0 aromatic carbocycles. The number of methoxy groups -OCH3 is 1. The highest BCUT2D eigenvalue weighted by Gasteiger charge is 2.30. The monoisotopic (exact) mass is 435 g/mol. The van der Waals surface area contributed by atoms with E-state index in [-0.39, 0.29) is 17.9 Å². The van der Waals surface area contributed by atoms with Crippen molar-refractivity contribution in [3.8, 4) is 11.6 Å². The summed E-state index contributed by atoms with van der Waals surface area (Å²) in [7, 11) is 1.70. The summed E-state index contributed by atoms with van der Waals surface area (Å²) in [5.41, 5.74) is 1.99. The highest BCUT2D eigenvalue weighted by Crippen LogP contribution is 2.34. The van der Waals surface area contributed by atoms with E-state index in [1.54, 1.807) is 25.6 Å². The second kappa shape index (κ2) is 8.74. The first-order valence-corrected chi connectivity index (χ1v) is 11.0. The molecule has 8 nitrogen and oxygen atoms in total. The van der Waals surface area contributed by atoms with Crippen LogP contribution in [0.15, 0.2) is 36.8 Å². The molecule has 9 heteroatoms. The summed E-state index contributed by atoms with van der Waals surface area (Å²) in [6.07, 6.45) is 7.99. The van der Waals surface area contributed by atoms with Gasteiger partial charge in [-0.25, -0.2) is 29.3 Å². The number of ether oxygens (including phenoxy) is 1. The van der Waals surface area contributed by atoms with E-state index in [4.69, 9.17) is 14.7 Å². The number of nitrogens with zero attached hydrogens (tertiary/aromatic N) is 7. The average molecular weight is 436 g/mol. The van der Waals surface area contributed by atoms with Crippen LogP contribution in [0.3, 0.4) is 0 Å². The number of fused-ring (bicyclic) bond motifs is 1. The van der Waals surface area contributed by atoms with Crippen LogP contribution in [0, 0.1) is 5.82 Å². The van der Waals surface area contributed by atoms with Crippen molar-refractivity contribution in [1.29, 1.82) is 0 Å². The van der Waals surface area contributed by atoms with Crippen LogP contribution >= 0.6 is 0 Å². The quantitative estimate of drug-likeness (QED) is 0.605. The Balaban J connectivity index is 1.43. The van der Waals surface area contributed by atoms with Crippen LogP contribution in [0.25, 0.3) is 11.6 Å². The zero-order chi connectivity index (χ0) is 22.1. The van der Waals surface area contributed by atoms with E-state index in [1.165, 1.54) is 12.1 Å². The largest absolute Gasteiger partial charge is 0.383 e. The van der Waals surface area contributed by atoms with Gasteiger partial charge in [0, 0.05) is 62.9 Å². The van der Waals surface area contributed by atoms with E-state index in [1.807, 2.05) is 6.20 Å². The van der Waals surface area contributed by atoms with Gasteiger partial charge >= 0.3 is 0 Å². The number of hydrogen-bond acceptors (Lipinski definition) is 8. The van der Waals surface area contributed by atoms with Crippen LogP contribution in [0.2, 0.25) is 0 Å². The van der Waals surface area contributed by atoms with Crippen LogP contribution in [-0.2, 0) is 11.2 Å². The van der Waals surface area contributed by atoms with Gasteiger partial charge in [-0.3, -0.25) is 0 Å². The van der Waals surface area contributed by atoms with Crippen LogP contribution < -0.4 is 9.80 Å². The van der Waals surface area contributed by atoms with Gasteiger partial charge in [-0.2, -0.15) is 0 Å². The van der Waals surface area contributed by atoms with Gasteiger partial charge in [-0.15, -0.1) is 0 Å². The zero-order valence-corrected chi connectivity index (χ0v) is 18.3. The van der Waals surface area contributed by atoms with Gasteiger partial charge in [-0.1, -0.05) is 0 Å². The van der Waals surface area contributed by atoms with Crippen molar-refractivity contribution in [3.63, 3.8) is 0 Å². The molecule has 2 aliphatic rings. The lowest BCUT2D eigenvalue weighted by molar-refractivity contribution is 0.180. The summed E-state index contributed by atoms with van der Waals surface area (Å²) >= 11 is 0. The van der Waals surface area contributed by atoms with Gasteiger partial charge in [0.1, 0.15) is 17.5 Å². The summed E-state index contributed by atoms with van der Waals surface area (Å²) in [6.45, 7) is 4.25. The molecule has 3 aromatic heterocycles. The van der Waals surface area contributed by atoms with Crippen molar-refractivity contribution in [2.24, 2.45) is 0 Å². The number of pyridine rings is 1. The molecule has 5 rings (SSSR count). The maximum absolute atomic E-state index is 14.6. The first-order chi connectivity index (χ1) is 15.6. The lowest BCUT2D eigenvalue weighted by Gasteiger charge is -2.36. The van der Waals surface area contributed by atoms with Crippen molar-refractivity contribution >= 4 is 11.6 Å². The molecule has 0 bridgehead atoms. The first-order valence-electron chi connectivity index (χ1n) is 11.0. The molecule has 0 saturated carbocycles. The maximum Gasteiger partial charge on any atom is 0.197 e. The molecule has 0 spiro atoms. The van der Waals surface area contributed by atoms with E-state index < -0.39 is 0 Å². The third kappa shape index (κ3) is 3.88. The van der Waals surface area contributed by atoms with Gasteiger partial charge < -0.3 is 14.5 Å². The molecule has 2 aliphatic heterocycles. The number of anilines is 2. The molecular formula is C23H26FN7O. The number of aromatic nitrogens is 5. The van der Waals surface area contributed by atoms with Crippen LogP contribution in [0.1, 0.15) is 37.1 Å². The molecule has 1 fully saturated rings. The molecule has 0 aliphatic carbocycles. The minimum absolute atomic E-state index is 0.0278. The Morgan fingerprint density at radius 3 is 2.59 bits per heavy atom. The topological polar surface area (TPSA) is 80.2 Å². The van der Waals surface area contributed by atoms with E-state index in [2.05, 4.69) is 31.7 Å². The molecule has 2 unspecified atom stereocenters. The van der Waals surface area contributed by atoms with Crippen molar-refractivity contribution in [2.75, 3.05) is 36.6 Å². The molecule has 32 heavy (non-hydrogen) atoms. The molecule has 1 saturated heterocycles. The first kappa shape index (κ1) is 20.7. The van der Waals surface area contributed by atoms with Crippen LogP contribution in [-0.4, -0.2) is 57.8 Å². The smallest absolute Gasteiger partial charge is 0.197 e. The van der Waals surface area contributed by atoms with Crippen molar-refractivity contribution in [1.82, 2.24) is 24.9 Å². The summed E-state index contributed by atoms with van der Waals surface area (Å²) in [5.74, 6) is 2.06. The summed E-state index contributed by atoms with van der Waals surface area (Å²) in [6, 6.07) is 5.00. The Bertz CT molecular complexity index is 1100. The molecule has 2 atom stereocenters. The number of hydrogen-bond donors (Lipinski definition) is 0. The molecule has 0 amide bonds. The standard InChI is InChI=1S/C23H26FN7O/c1-15-18-13-27-23(22-25-7-4-8-26-22)28-19(18)6-10-30(15)20-11-16(24)12-21(29-20)31-9-3-5-17(31)14-32-2/h4,7-8,11-13,15,17H,3,5-6,9-10,14H2,1-2H3. The summed E-state index contributed by atoms with van der Waals surface area (Å²) in [5, 5.41) is 0. The van der Waals surface area contributed by atoms with Crippen LogP contribution in [0.4, 0.5) is 16.0 Å². The van der Waals surface area contributed by atoms with E-state index in [0.29, 0.717) is 42.9 Å². The van der Waals surface area contributed by atoms with E-state index >= 15 is 0 Å². The number of halogens is 1. The average Bonchev–Trinajstić information content (AvgIpc) is 3.28. The predicted molar refractivity (Wildman–Crippen MR) is 119 cm³/mol. The SMILES string of the molecule is COCC1CCCN1c1cc(F)cc(N2CCc3nc(-c4ncccn4)ncc3C2C)n1. The highest BCUT2D eigenvalue weighted by molar-refractivity contribution is 5.53. The highest BCUT2D eigenvalue weighted by atomic mass is 19.1. The fourth-order valence-corrected chi connectivity index (χ4v) is 4.67. The van der Waals surface area contributed by atoms with Crippen molar-refractivity contribution < 1.29 is 9.13 Å². The summed E-state index contributed by atoms with van der Waals surface area (Å²) < 4.78 is 20.0. The third-order valence-corrected chi connectivity index (χ3v) is 6.26. The lowest BCUT2D eigenvalue weighted by atomic mass is 9.99. The van der Waals surface area contributed by atoms with E-state index in [9.17, 15) is 4.39 Å². The van der Waals surface area contributed by atoms with Gasteiger partial charge in [-0.05, 0) is 25.8 Å². The third-order valence-electron chi connectivity index (χ3n) is 6.26. The molecule has 3 aromatic rings. The fraction of sp³-hybridized carbons (Fsp3) is 0.435. The Hall–Kier alpha value is -3.20. The minimum atomic E-state index is -0.279. The van der Waals surface area contributed by atoms with Gasteiger partial charge in [0.25, 0.3) is 0 Å². The fourth-order valence-electron chi connectivity index (χ4n) is 4.67. The normalized spacial score (nSPS) is 20.5. The minimum Gasteiger partial charge on any atom is -0.383 e. The molecule has 0 N–H and O–H groups in total. The predicted octanol–water partition coefficient (Wildman–Crippen LogP) is 3.21. The summed E-state index contributed by atoms with van der Waals surface area (Å²) in [4.78, 5) is 26.8. The number of rotatable bonds is 5. The molecule has 166 valence electrons. The Morgan fingerprint density at radius 2 is 1.81 bits per heavy atom. The van der Waals surface area contributed by atoms with Gasteiger partial charge in [0.05, 0.1) is 24.4 Å². The molecular weight excluding hydrogens is 409 g/mol. The lowest BCUT2D eigenvalue weighted by Crippen LogP contribution is -2.37. The van der Waals surface area contributed by atoms with Crippen molar-refractivity contribution in [2.45, 2.75) is 38.3 Å². The molecule has 0 radical (unpaired) electrons.